The first-order chi connectivity index (χ1) is 6.01. The van der Waals surface area contributed by atoms with Crippen molar-refractivity contribution in [1.82, 2.24) is 0 Å². The number of benzene rings is 1. The number of hydrogen-bond donors (Lipinski definition) is 1. The van der Waals surface area contributed by atoms with Gasteiger partial charge in [0.05, 0.1) is 0 Å². The molecule has 0 saturated heterocycles. The van der Waals surface area contributed by atoms with Gasteiger partial charge in [-0.3, -0.25) is 4.55 Å². The highest BCUT2D eigenvalue weighted by Gasteiger charge is 2.05. The van der Waals surface area contributed by atoms with E-state index >= 15 is 0 Å². The van der Waals surface area contributed by atoms with E-state index in [1.165, 1.54) is 18.2 Å². The lowest BCUT2D eigenvalue weighted by molar-refractivity contribution is 0.387. The van der Waals surface area contributed by atoms with Gasteiger partial charge >= 0.3 is 10.4 Å². The fourth-order valence-corrected chi connectivity index (χ4v) is 1.16. The molecule has 4 nitrogen and oxygen atoms in total. The molecule has 0 saturated carbocycles. The van der Waals surface area contributed by atoms with Crippen molar-refractivity contribution in [2.24, 2.45) is 0 Å². The van der Waals surface area contributed by atoms with E-state index in [1.54, 1.807) is 12.1 Å². The van der Waals surface area contributed by atoms with Crippen LogP contribution in [0.15, 0.2) is 30.8 Å². The van der Waals surface area contributed by atoms with Gasteiger partial charge in [-0.05, 0) is 17.7 Å². The quantitative estimate of drug-likeness (QED) is 0.751. The maximum Gasteiger partial charge on any atom is 0.446 e. The Morgan fingerprint density at radius 1 is 1.46 bits per heavy atom. The second-order valence-corrected chi connectivity index (χ2v) is 3.31. The smallest absolute Gasteiger partial charge is 0.362 e. The SMILES string of the molecule is C=Cc1cccc(OS(=O)(=O)O)c1. The lowest BCUT2D eigenvalue weighted by atomic mass is 10.2. The zero-order valence-corrected chi connectivity index (χ0v) is 7.49. The van der Waals surface area contributed by atoms with Crippen molar-refractivity contribution in [3.05, 3.63) is 36.4 Å². The van der Waals surface area contributed by atoms with E-state index in [4.69, 9.17) is 4.55 Å². The fraction of sp³-hybridized carbons (Fsp3) is 0. The molecule has 1 aromatic carbocycles. The summed E-state index contributed by atoms with van der Waals surface area (Å²) in [4.78, 5) is 0. The minimum absolute atomic E-state index is 0.0555. The molecular weight excluding hydrogens is 192 g/mol. The summed E-state index contributed by atoms with van der Waals surface area (Å²) in [6, 6.07) is 6.18. The van der Waals surface area contributed by atoms with Crippen LogP contribution in [0.2, 0.25) is 0 Å². The fourth-order valence-electron chi connectivity index (χ4n) is 0.815. The molecule has 0 spiro atoms. The van der Waals surface area contributed by atoms with Crippen molar-refractivity contribution in [3.8, 4) is 5.75 Å². The zero-order valence-electron chi connectivity index (χ0n) is 6.67. The van der Waals surface area contributed by atoms with Gasteiger partial charge in [-0.1, -0.05) is 24.8 Å². The van der Waals surface area contributed by atoms with Crippen LogP contribution < -0.4 is 4.18 Å². The Balaban J connectivity index is 2.96. The minimum atomic E-state index is -4.44. The molecule has 1 rings (SSSR count). The van der Waals surface area contributed by atoms with Gasteiger partial charge in [-0.25, -0.2) is 0 Å². The predicted octanol–water partition coefficient (Wildman–Crippen LogP) is 1.51. The van der Waals surface area contributed by atoms with Crippen LogP contribution in [0.4, 0.5) is 0 Å². The van der Waals surface area contributed by atoms with Gasteiger partial charge in [0.15, 0.2) is 0 Å². The minimum Gasteiger partial charge on any atom is -0.362 e. The van der Waals surface area contributed by atoms with Gasteiger partial charge in [0.1, 0.15) is 5.75 Å². The Morgan fingerprint density at radius 2 is 2.15 bits per heavy atom. The van der Waals surface area contributed by atoms with Crippen molar-refractivity contribution in [1.29, 1.82) is 0 Å². The first kappa shape index (κ1) is 9.76. The van der Waals surface area contributed by atoms with Crippen LogP contribution in [0.25, 0.3) is 6.08 Å². The molecule has 0 aliphatic carbocycles. The second-order valence-electron chi connectivity index (χ2n) is 2.29. The molecular formula is C8H8O4S. The Morgan fingerprint density at radius 3 is 2.69 bits per heavy atom. The van der Waals surface area contributed by atoms with Crippen molar-refractivity contribution in [3.63, 3.8) is 0 Å². The third-order valence-electron chi connectivity index (χ3n) is 1.30. The maximum absolute atomic E-state index is 10.3. The summed E-state index contributed by atoms with van der Waals surface area (Å²) in [5, 5.41) is 0. The molecule has 0 unspecified atom stereocenters. The van der Waals surface area contributed by atoms with E-state index < -0.39 is 10.4 Å². The maximum atomic E-state index is 10.3. The van der Waals surface area contributed by atoms with E-state index in [2.05, 4.69) is 10.8 Å². The van der Waals surface area contributed by atoms with Crippen LogP contribution in [-0.2, 0) is 10.4 Å². The normalized spacial score (nSPS) is 10.8. The summed E-state index contributed by atoms with van der Waals surface area (Å²) < 4.78 is 33.2. The summed E-state index contributed by atoms with van der Waals surface area (Å²) in [7, 11) is -4.44. The van der Waals surface area contributed by atoms with Crippen LogP contribution in [0.5, 0.6) is 5.75 Å². The molecule has 0 amide bonds. The van der Waals surface area contributed by atoms with Crippen molar-refractivity contribution in [2.45, 2.75) is 0 Å². The summed E-state index contributed by atoms with van der Waals surface area (Å²) in [6.45, 7) is 3.50. The topological polar surface area (TPSA) is 63.6 Å². The average molecular weight is 200 g/mol. The summed E-state index contributed by atoms with van der Waals surface area (Å²) in [5.41, 5.74) is 0.709. The molecule has 1 N–H and O–H groups in total. The van der Waals surface area contributed by atoms with Crippen molar-refractivity contribution >= 4 is 16.5 Å². The van der Waals surface area contributed by atoms with Crippen LogP contribution in [-0.4, -0.2) is 13.0 Å². The van der Waals surface area contributed by atoms with E-state index in [0.29, 0.717) is 5.56 Å². The molecule has 5 heteroatoms. The second kappa shape index (κ2) is 3.59. The Labute approximate surface area is 76.4 Å². The lowest BCUT2D eigenvalue weighted by Crippen LogP contribution is -2.06. The molecule has 1 aromatic rings. The van der Waals surface area contributed by atoms with E-state index in [0.717, 1.165) is 0 Å². The molecule has 0 aromatic heterocycles. The van der Waals surface area contributed by atoms with Gasteiger partial charge in [0, 0.05) is 0 Å². The van der Waals surface area contributed by atoms with Gasteiger partial charge in [0.25, 0.3) is 0 Å². The summed E-state index contributed by atoms with van der Waals surface area (Å²) >= 11 is 0. The molecule has 0 bridgehead atoms. The molecule has 0 aliphatic rings. The Bertz CT molecular complexity index is 408. The van der Waals surface area contributed by atoms with Crippen LogP contribution >= 0.6 is 0 Å². The molecule has 13 heavy (non-hydrogen) atoms. The van der Waals surface area contributed by atoms with Gasteiger partial charge < -0.3 is 4.18 Å². The van der Waals surface area contributed by atoms with E-state index in [1.807, 2.05) is 0 Å². The van der Waals surface area contributed by atoms with E-state index in [9.17, 15) is 8.42 Å². The lowest BCUT2D eigenvalue weighted by Gasteiger charge is -2.01. The molecule has 0 atom stereocenters. The summed E-state index contributed by atoms with van der Waals surface area (Å²) in [5.74, 6) is 0.0555. The number of hydrogen-bond acceptors (Lipinski definition) is 3. The van der Waals surface area contributed by atoms with Crippen LogP contribution in [0.3, 0.4) is 0 Å². The first-order valence-electron chi connectivity index (χ1n) is 3.40. The summed E-state index contributed by atoms with van der Waals surface area (Å²) in [6.07, 6.45) is 1.54. The monoisotopic (exact) mass is 200 g/mol. The largest absolute Gasteiger partial charge is 0.446 e. The first-order valence-corrected chi connectivity index (χ1v) is 4.77. The van der Waals surface area contributed by atoms with Gasteiger partial charge in [-0.15, -0.1) is 0 Å². The van der Waals surface area contributed by atoms with Gasteiger partial charge in [0.2, 0.25) is 0 Å². The molecule has 0 heterocycles. The molecule has 70 valence electrons. The Hall–Kier alpha value is -1.33. The van der Waals surface area contributed by atoms with Crippen molar-refractivity contribution in [2.75, 3.05) is 0 Å². The number of rotatable bonds is 3. The zero-order chi connectivity index (χ0) is 9.90. The van der Waals surface area contributed by atoms with Crippen LogP contribution in [0, 0.1) is 0 Å². The predicted molar refractivity (Wildman–Crippen MR) is 48.7 cm³/mol. The van der Waals surface area contributed by atoms with Crippen molar-refractivity contribution < 1.29 is 17.2 Å². The third-order valence-corrected chi connectivity index (χ3v) is 1.70. The highest BCUT2D eigenvalue weighted by Crippen LogP contribution is 2.15. The Kier molecular flexibility index (Phi) is 2.69. The molecule has 0 fully saturated rings. The average Bonchev–Trinajstić information content (AvgIpc) is 2.01. The van der Waals surface area contributed by atoms with Crippen LogP contribution in [0.1, 0.15) is 5.56 Å². The third kappa shape index (κ3) is 3.27. The highest BCUT2D eigenvalue weighted by atomic mass is 32.3. The van der Waals surface area contributed by atoms with E-state index in [-0.39, 0.29) is 5.75 Å². The highest BCUT2D eigenvalue weighted by molar-refractivity contribution is 7.81. The standard InChI is InChI=1S/C8H8O4S/c1-2-7-4-3-5-8(6-7)12-13(9,10)11/h2-6H,1H2,(H,9,10,11). The van der Waals surface area contributed by atoms with Gasteiger partial charge in [-0.2, -0.15) is 8.42 Å². The molecule has 0 aliphatic heterocycles. The molecule has 0 radical (unpaired) electrons.